The van der Waals surface area contributed by atoms with E-state index in [2.05, 4.69) is 12.2 Å². The van der Waals surface area contributed by atoms with Crippen molar-refractivity contribution in [3.63, 3.8) is 0 Å². The lowest BCUT2D eigenvalue weighted by molar-refractivity contribution is -0.120. The van der Waals surface area contributed by atoms with Crippen LogP contribution in [-0.4, -0.2) is 38.4 Å². The molecule has 0 bridgehead atoms. The Morgan fingerprint density at radius 2 is 2.12 bits per heavy atom. The molecule has 0 saturated carbocycles. The molecule has 0 aromatic heterocycles. The average molecular weight is 227 g/mol. The molecule has 0 aromatic carbocycles. The fraction of sp³-hybridized carbons (Fsp3) is 0.917. The zero-order chi connectivity index (χ0) is 11.6. The first-order valence-corrected chi connectivity index (χ1v) is 6.06. The van der Waals surface area contributed by atoms with Gasteiger partial charge in [0.15, 0.2) is 0 Å². The van der Waals surface area contributed by atoms with Gasteiger partial charge in [0.25, 0.3) is 0 Å². The van der Waals surface area contributed by atoms with Gasteiger partial charge in [0.05, 0.1) is 12.1 Å². The van der Waals surface area contributed by atoms with Crippen molar-refractivity contribution in [3.8, 4) is 0 Å². The van der Waals surface area contributed by atoms with Gasteiger partial charge in [-0.1, -0.05) is 6.92 Å². The van der Waals surface area contributed by atoms with E-state index < -0.39 is 0 Å². The molecule has 2 heterocycles. The number of carbonyl (C=O) groups is 1. The molecule has 1 N–H and O–H groups in total. The van der Waals surface area contributed by atoms with Crippen molar-refractivity contribution < 1.29 is 14.3 Å². The Morgan fingerprint density at radius 1 is 1.44 bits per heavy atom. The molecule has 0 aliphatic carbocycles. The maximum atomic E-state index is 11.8. The Labute approximate surface area is 96.7 Å². The molecule has 2 rings (SSSR count). The van der Waals surface area contributed by atoms with Crippen LogP contribution < -0.4 is 5.32 Å². The first kappa shape index (κ1) is 11.9. The van der Waals surface area contributed by atoms with E-state index in [4.69, 9.17) is 9.47 Å². The van der Waals surface area contributed by atoms with Gasteiger partial charge in [-0.3, -0.25) is 4.79 Å². The van der Waals surface area contributed by atoms with Gasteiger partial charge < -0.3 is 14.8 Å². The fourth-order valence-electron chi connectivity index (χ4n) is 3.33. The lowest BCUT2D eigenvalue weighted by atomic mass is 9.65. The first-order chi connectivity index (χ1) is 7.68. The van der Waals surface area contributed by atoms with E-state index in [1.165, 1.54) is 0 Å². The number of rotatable bonds is 3. The second kappa shape index (κ2) is 4.34. The molecule has 4 heteroatoms. The monoisotopic (exact) mass is 227 g/mol. The van der Waals surface area contributed by atoms with E-state index in [0.717, 1.165) is 32.5 Å². The van der Waals surface area contributed by atoms with Crippen LogP contribution in [0.15, 0.2) is 0 Å². The van der Waals surface area contributed by atoms with Gasteiger partial charge in [0.1, 0.15) is 0 Å². The number of methoxy groups -OCH3 is 1. The standard InChI is InChI=1S/C12H21NO3/c1-3-11(9-15-2)8-10(14)13-12(11)4-6-16-7-5-12/h3-9H2,1-2H3,(H,13,14). The summed E-state index contributed by atoms with van der Waals surface area (Å²) in [4.78, 5) is 11.8. The molecule has 92 valence electrons. The highest BCUT2D eigenvalue weighted by Gasteiger charge is 2.57. The molecule has 1 unspecified atom stereocenters. The highest BCUT2D eigenvalue weighted by Crippen LogP contribution is 2.48. The molecule has 4 nitrogen and oxygen atoms in total. The number of hydrogen-bond acceptors (Lipinski definition) is 3. The smallest absolute Gasteiger partial charge is 0.221 e. The summed E-state index contributed by atoms with van der Waals surface area (Å²) in [5, 5.41) is 3.20. The first-order valence-electron chi connectivity index (χ1n) is 6.06. The summed E-state index contributed by atoms with van der Waals surface area (Å²) in [5.41, 5.74) is -0.129. The number of amides is 1. The van der Waals surface area contributed by atoms with Crippen LogP contribution in [0.1, 0.15) is 32.6 Å². The maximum absolute atomic E-state index is 11.8. The van der Waals surface area contributed by atoms with Gasteiger partial charge in [-0.15, -0.1) is 0 Å². The molecule has 16 heavy (non-hydrogen) atoms. The van der Waals surface area contributed by atoms with Gasteiger partial charge in [0.2, 0.25) is 5.91 Å². The van der Waals surface area contributed by atoms with Crippen molar-refractivity contribution in [2.45, 2.75) is 38.1 Å². The minimum atomic E-state index is -0.0902. The Balaban J connectivity index is 2.28. The van der Waals surface area contributed by atoms with Crippen LogP contribution in [0.2, 0.25) is 0 Å². The molecular weight excluding hydrogens is 206 g/mol. The van der Waals surface area contributed by atoms with Gasteiger partial charge in [-0.2, -0.15) is 0 Å². The predicted molar refractivity (Wildman–Crippen MR) is 60.1 cm³/mol. The average Bonchev–Trinajstić information content (AvgIpc) is 2.53. The van der Waals surface area contributed by atoms with Crippen molar-refractivity contribution in [2.75, 3.05) is 26.9 Å². The van der Waals surface area contributed by atoms with Crippen LogP contribution in [0.3, 0.4) is 0 Å². The summed E-state index contributed by atoms with van der Waals surface area (Å²) in [6.45, 7) is 4.29. The second-order valence-corrected chi connectivity index (χ2v) is 4.99. The summed E-state index contributed by atoms with van der Waals surface area (Å²) in [6.07, 6.45) is 3.39. The summed E-state index contributed by atoms with van der Waals surface area (Å²) >= 11 is 0. The topological polar surface area (TPSA) is 47.6 Å². The molecule has 2 aliphatic rings. The molecule has 1 spiro atoms. The van der Waals surface area contributed by atoms with Crippen molar-refractivity contribution in [2.24, 2.45) is 5.41 Å². The van der Waals surface area contributed by atoms with Crippen LogP contribution in [0.25, 0.3) is 0 Å². The molecule has 0 radical (unpaired) electrons. The van der Waals surface area contributed by atoms with Crippen LogP contribution in [0.4, 0.5) is 0 Å². The zero-order valence-electron chi connectivity index (χ0n) is 10.2. The lowest BCUT2D eigenvalue weighted by Gasteiger charge is -2.46. The van der Waals surface area contributed by atoms with E-state index in [1.807, 2.05) is 0 Å². The zero-order valence-corrected chi connectivity index (χ0v) is 10.2. The molecule has 2 saturated heterocycles. The molecule has 0 aromatic rings. The predicted octanol–water partition coefficient (Wildman–Crippen LogP) is 1.10. The number of carbonyl (C=O) groups excluding carboxylic acids is 1. The van der Waals surface area contributed by atoms with E-state index in [1.54, 1.807) is 7.11 Å². The SMILES string of the molecule is CCC1(COC)CC(=O)NC12CCOCC2. The Morgan fingerprint density at radius 3 is 2.69 bits per heavy atom. The van der Waals surface area contributed by atoms with Crippen molar-refractivity contribution >= 4 is 5.91 Å². The van der Waals surface area contributed by atoms with E-state index in [9.17, 15) is 4.79 Å². The maximum Gasteiger partial charge on any atom is 0.221 e. The minimum Gasteiger partial charge on any atom is -0.384 e. The van der Waals surface area contributed by atoms with Gasteiger partial charge in [-0.25, -0.2) is 0 Å². The molecular formula is C12H21NO3. The lowest BCUT2D eigenvalue weighted by Crippen LogP contribution is -2.57. The fourth-order valence-corrected chi connectivity index (χ4v) is 3.33. The molecule has 2 aliphatic heterocycles. The quantitative estimate of drug-likeness (QED) is 0.785. The second-order valence-electron chi connectivity index (χ2n) is 4.99. The molecule has 1 atom stereocenters. The number of hydrogen-bond donors (Lipinski definition) is 1. The summed E-state index contributed by atoms with van der Waals surface area (Å²) < 4.78 is 10.8. The Bertz CT molecular complexity index is 260. The minimum absolute atomic E-state index is 0.0391. The normalized spacial score (nSPS) is 33.0. The Hall–Kier alpha value is -0.610. The molecule has 2 fully saturated rings. The van der Waals surface area contributed by atoms with Gasteiger partial charge >= 0.3 is 0 Å². The van der Waals surface area contributed by atoms with Crippen molar-refractivity contribution in [3.05, 3.63) is 0 Å². The highest BCUT2D eigenvalue weighted by atomic mass is 16.5. The third-order valence-electron chi connectivity index (χ3n) is 4.34. The largest absolute Gasteiger partial charge is 0.384 e. The van der Waals surface area contributed by atoms with Crippen LogP contribution in [-0.2, 0) is 14.3 Å². The summed E-state index contributed by atoms with van der Waals surface area (Å²) in [6, 6.07) is 0. The van der Waals surface area contributed by atoms with Crippen LogP contribution in [0, 0.1) is 5.41 Å². The number of ether oxygens (including phenoxy) is 2. The third kappa shape index (κ3) is 1.64. The van der Waals surface area contributed by atoms with Gasteiger partial charge in [-0.05, 0) is 19.3 Å². The van der Waals surface area contributed by atoms with E-state index in [0.29, 0.717) is 13.0 Å². The highest BCUT2D eigenvalue weighted by molar-refractivity contribution is 5.81. The van der Waals surface area contributed by atoms with Crippen LogP contribution >= 0.6 is 0 Å². The van der Waals surface area contributed by atoms with Crippen LogP contribution in [0.5, 0.6) is 0 Å². The third-order valence-corrected chi connectivity index (χ3v) is 4.34. The van der Waals surface area contributed by atoms with Crippen molar-refractivity contribution in [1.29, 1.82) is 0 Å². The van der Waals surface area contributed by atoms with Gasteiger partial charge in [0, 0.05) is 32.2 Å². The summed E-state index contributed by atoms with van der Waals surface area (Å²) in [7, 11) is 1.72. The van der Waals surface area contributed by atoms with E-state index in [-0.39, 0.29) is 16.9 Å². The van der Waals surface area contributed by atoms with Crippen molar-refractivity contribution in [1.82, 2.24) is 5.32 Å². The summed E-state index contributed by atoms with van der Waals surface area (Å²) in [5.74, 6) is 0.167. The van der Waals surface area contributed by atoms with E-state index >= 15 is 0 Å². The Kier molecular flexibility index (Phi) is 3.22. The molecule has 1 amide bonds. The number of nitrogens with one attached hydrogen (secondary N) is 1.